The summed E-state index contributed by atoms with van der Waals surface area (Å²) in [5.74, 6) is -0.335. The lowest BCUT2D eigenvalue weighted by molar-refractivity contribution is -0.121. The number of piperidine rings is 1. The maximum absolute atomic E-state index is 12.4. The van der Waals surface area contributed by atoms with E-state index in [0.717, 1.165) is 25.7 Å². The summed E-state index contributed by atoms with van der Waals surface area (Å²) in [7, 11) is 0. The zero-order valence-electron chi connectivity index (χ0n) is 12.6. The molecule has 5 nitrogen and oxygen atoms in total. The molecule has 124 valence electrons. The Morgan fingerprint density at radius 3 is 2.65 bits per heavy atom. The number of amides is 3. The number of nitrogens with one attached hydrogen (secondary N) is 2. The fourth-order valence-electron chi connectivity index (χ4n) is 2.69. The van der Waals surface area contributed by atoms with Crippen LogP contribution in [0.4, 0.5) is 10.5 Å². The molecule has 1 unspecified atom stereocenters. The van der Waals surface area contributed by atoms with Gasteiger partial charge in [0.15, 0.2) is 0 Å². The molecule has 1 aromatic carbocycles. The van der Waals surface area contributed by atoms with Gasteiger partial charge in [0, 0.05) is 24.2 Å². The zero-order chi connectivity index (χ0) is 16.4. The van der Waals surface area contributed by atoms with E-state index >= 15 is 0 Å². The molecule has 0 spiro atoms. The molecule has 0 bridgehead atoms. The van der Waals surface area contributed by atoms with Crippen molar-refractivity contribution in [1.82, 2.24) is 10.2 Å². The Hall–Kier alpha value is -1.46. The minimum Gasteiger partial charge on any atom is -0.335 e. The molecule has 1 aliphatic carbocycles. The van der Waals surface area contributed by atoms with Crippen LogP contribution in [0.3, 0.4) is 0 Å². The number of benzene rings is 1. The number of halogens is 2. The van der Waals surface area contributed by atoms with E-state index in [0.29, 0.717) is 34.9 Å². The summed E-state index contributed by atoms with van der Waals surface area (Å²) in [5.41, 5.74) is 0.542. The Morgan fingerprint density at radius 2 is 1.96 bits per heavy atom. The molecule has 2 fully saturated rings. The highest BCUT2D eigenvalue weighted by Gasteiger charge is 2.31. The molecule has 7 heteroatoms. The summed E-state index contributed by atoms with van der Waals surface area (Å²) in [5, 5.41) is 6.73. The Morgan fingerprint density at radius 1 is 1.17 bits per heavy atom. The fraction of sp³-hybridized carbons (Fsp3) is 0.500. The van der Waals surface area contributed by atoms with E-state index in [1.165, 1.54) is 0 Å². The second-order valence-electron chi connectivity index (χ2n) is 6.12. The molecule has 1 saturated heterocycles. The van der Waals surface area contributed by atoms with E-state index in [1.807, 2.05) is 0 Å². The van der Waals surface area contributed by atoms with E-state index in [2.05, 4.69) is 10.6 Å². The first-order valence-electron chi connectivity index (χ1n) is 7.84. The average Bonchev–Trinajstić information content (AvgIpc) is 3.34. The van der Waals surface area contributed by atoms with Crippen LogP contribution in [0.1, 0.15) is 25.7 Å². The van der Waals surface area contributed by atoms with Crippen molar-refractivity contribution in [2.45, 2.75) is 31.7 Å². The molecule has 2 N–H and O–H groups in total. The molecular formula is C16H19Cl2N3O2. The summed E-state index contributed by atoms with van der Waals surface area (Å²) in [6.45, 7) is 1.14. The van der Waals surface area contributed by atoms with Crippen LogP contribution in [0.15, 0.2) is 18.2 Å². The summed E-state index contributed by atoms with van der Waals surface area (Å²) in [4.78, 5) is 26.3. The van der Waals surface area contributed by atoms with Crippen LogP contribution in [0.25, 0.3) is 0 Å². The van der Waals surface area contributed by atoms with Crippen molar-refractivity contribution >= 4 is 40.8 Å². The van der Waals surface area contributed by atoms with Crippen LogP contribution in [-0.2, 0) is 4.79 Å². The van der Waals surface area contributed by atoms with E-state index < -0.39 is 0 Å². The van der Waals surface area contributed by atoms with Gasteiger partial charge in [-0.05, 0) is 43.9 Å². The number of likely N-dealkylation sites (tertiary alicyclic amines) is 1. The number of hydrogen-bond donors (Lipinski definition) is 2. The van der Waals surface area contributed by atoms with Gasteiger partial charge in [0.25, 0.3) is 0 Å². The second kappa shape index (κ2) is 6.97. The highest BCUT2D eigenvalue weighted by Crippen LogP contribution is 2.27. The summed E-state index contributed by atoms with van der Waals surface area (Å²) >= 11 is 11.9. The first-order valence-corrected chi connectivity index (χ1v) is 8.60. The molecule has 1 atom stereocenters. The van der Waals surface area contributed by atoms with Gasteiger partial charge in [-0.2, -0.15) is 0 Å². The summed E-state index contributed by atoms with van der Waals surface area (Å²) in [6.07, 6.45) is 3.70. The van der Waals surface area contributed by atoms with Crippen molar-refractivity contribution in [3.05, 3.63) is 28.2 Å². The van der Waals surface area contributed by atoms with Crippen LogP contribution in [0.5, 0.6) is 0 Å². The standard InChI is InChI=1S/C16H19Cl2N3O2/c17-11-3-6-14(13(18)8-11)20-15(22)10-2-1-7-21(9-10)16(23)19-12-4-5-12/h3,6,8,10,12H,1-2,4-5,7,9H2,(H,19,23)(H,20,22). The van der Waals surface area contributed by atoms with Gasteiger partial charge in [-0.1, -0.05) is 23.2 Å². The number of anilines is 1. The molecule has 1 aliphatic heterocycles. The highest BCUT2D eigenvalue weighted by atomic mass is 35.5. The maximum atomic E-state index is 12.4. The van der Waals surface area contributed by atoms with Gasteiger partial charge < -0.3 is 15.5 Å². The van der Waals surface area contributed by atoms with Gasteiger partial charge >= 0.3 is 6.03 Å². The Labute approximate surface area is 145 Å². The van der Waals surface area contributed by atoms with Crippen LogP contribution in [0, 0.1) is 5.92 Å². The number of urea groups is 1. The lowest BCUT2D eigenvalue weighted by atomic mass is 9.97. The van der Waals surface area contributed by atoms with Crippen molar-refractivity contribution in [3.8, 4) is 0 Å². The largest absolute Gasteiger partial charge is 0.335 e. The average molecular weight is 356 g/mol. The smallest absolute Gasteiger partial charge is 0.317 e. The normalized spacial score (nSPS) is 21.0. The van der Waals surface area contributed by atoms with Gasteiger partial charge in [0.05, 0.1) is 16.6 Å². The van der Waals surface area contributed by atoms with Gasteiger partial charge in [-0.15, -0.1) is 0 Å². The molecule has 1 saturated carbocycles. The summed E-state index contributed by atoms with van der Waals surface area (Å²) < 4.78 is 0. The van der Waals surface area contributed by atoms with E-state index in [-0.39, 0.29) is 17.9 Å². The molecule has 0 radical (unpaired) electrons. The van der Waals surface area contributed by atoms with E-state index in [9.17, 15) is 9.59 Å². The molecule has 2 aliphatic rings. The monoisotopic (exact) mass is 355 g/mol. The van der Waals surface area contributed by atoms with Crippen molar-refractivity contribution in [2.24, 2.45) is 5.92 Å². The number of hydrogen-bond acceptors (Lipinski definition) is 2. The van der Waals surface area contributed by atoms with Crippen molar-refractivity contribution < 1.29 is 9.59 Å². The Bertz CT molecular complexity index is 619. The predicted octanol–water partition coefficient (Wildman–Crippen LogP) is 3.52. The number of carbonyl (C=O) groups excluding carboxylic acids is 2. The predicted molar refractivity (Wildman–Crippen MR) is 90.9 cm³/mol. The Balaban J connectivity index is 1.58. The first-order chi connectivity index (χ1) is 11.0. The maximum Gasteiger partial charge on any atom is 0.317 e. The third kappa shape index (κ3) is 4.30. The topological polar surface area (TPSA) is 61.4 Å². The van der Waals surface area contributed by atoms with Crippen molar-refractivity contribution in [1.29, 1.82) is 0 Å². The van der Waals surface area contributed by atoms with Crippen LogP contribution < -0.4 is 10.6 Å². The van der Waals surface area contributed by atoms with Gasteiger partial charge in [0.1, 0.15) is 0 Å². The molecule has 3 amide bonds. The number of rotatable bonds is 3. The number of nitrogens with zero attached hydrogens (tertiary/aromatic N) is 1. The lowest BCUT2D eigenvalue weighted by Crippen LogP contribution is -2.48. The third-order valence-electron chi connectivity index (χ3n) is 4.17. The van der Waals surface area contributed by atoms with Gasteiger partial charge in [-0.25, -0.2) is 4.79 Å². The molecule has 3 rings (SSSR count). The third-order valence-corrected chi connectivity index (χ3v) is 4.72. The first kappa shape index (κ1) is 16.4. The van der Waals surface area contributed by atoms with Gasteiger partial charge in [0.2, 0.25) is 5.91 Å². The Kier molecular flexibility index (Phi) is 4.97. The van der Waals surface area contributed by atoms with E-state index in [4.69, 9.17) is 23.2 Å². The quantitative estimate of drug-likeness (QED) is 0.871. The summed E-state index contributed by atoms with van der Waals surface area (Å²) in [6, 6.07) is 5.22. The fourth-order valence-corrected chi connectivity index (χ4v) is 3.15. The minimum absolute atomic E-state index is 0.0606. The molecule has 23 heavy (non-hydrogen) atoms. The SMILES string of the molecule is O=C(Nc1ccc(Cl)cc1Cl)C1CCCN(C(=O)NC2CC2)C1. The van der Waals surface area contributed by atoms with E-state index in [1.54, 1.807) is 23.1 Å². The van der Waals surface area contributed by atoms with Crippen molar-refractivity contribution in [2.75, 3.05) is 18.4 Å². The zero-order valence-corrected chi connectivity index (χ0v) is 14.2. The minimum atomic E-state index is -0.222. The van der Waals surface area contributed by atoms with Crippen LogP contribution >= 0.6 is 23.2 Å². The second-order valence-corrected chi connectivity index (χ2v) is 6.97. The van der Waals surface area contributed by atoms with Crippen molar-refractivity contribution in [3.63, 3.8) is 0 Å². The highest BCUT2D eigenvalue weighted by molar-refractivity contribution is 6.36. The van der Waals surface area contributed by atoms with Crippen LogP contribution in [-0.4, -0.2) is 36.0 Å². The van der Waals surface area contributed by atoms with Gasteiger partial charge in [-0.3, -0.25) is 4.79 Å². The van der Waals surface area contributed by atoms with Crippen LogP contribution in [0.2, 0.25) is 10.0 Å². The molecule has 1 aromatic rings. The lowest BCUT2D eigenvalue weighted by Gasteiger charge is -2.32. The molecular weight excluding hydrogens is 337 g/mol. The molecule has 0 aromatic heterocycles. The number of carbonyl (C=O) groups is 2. The molecule has 1 heterocycles.